The molecule has 1 aromatic rings. The van der Waals surface area contributed by atoms with Crippen molar-refractivity contribution in [3.63, 3.8) is 0 Å². The number of aromatic nitrogens is 2. The normalized spacial score (nSPS) is 24.3. The standard InChI is InChI=1S/C14H22N4O3S/c1-11-3-4-13(17-16-11)18-9-14(10-18)6-5-12(8-21-14)7-15-22(2,19)20/h3-4,12,15H,5-10H2,1-2H3. The van der Waals surface area contributed by atoms with Crippen LogP contribution in [-0.4, -0.2) is 56.7 Å². The molecule has 0 bridgehead atoms. The smallest absolute Gasteiger partial charge is 0.208 e. The van der Waals surface area contributed by atoms with Gasteiger partial charge in [-0.15, -0.1) is 5.10 Å². The Morgan fingerprint density at radius 1 is 1.41 bits per heavy atom. The minimum atomic E-state index is -3.12. The Bertz CT molecular complexity index is 616. The van der Waals surface area contributed by atoms with Gasteiger partial charge in [-0.2, -0.15) is 5.10 Å². The van der Waals surface area contributed by atoms with E-state index < -0.39 is 10.0 Å². The summed E-state index contributed by atoms with van der Waals surface area (Å²) in [4.78, 5) is 2.17. The predicted octanol–water partition coefficient (Wildman–Crippen LogP) is 0.320. The quantitative estimate of drug-likeness (QED) is 0.858. The number of anilines is 1. The molecular weight excluding hydrogens is 304 g/mol. The van der Waals surface area contributed by atoms with Crippen molar-refractivity contribution in [2.45, 2.75) is 25.4 Å². The van der Waals surface area contributed by atoms with E-state index in [2.05, 4.69) is 19.8 Å². The number of aryl methyl sites for hydroxylation is 1. The molecule has 1 N–H and O–H groups in total. The summed E-state index contributed by atoms with van der Waals surface area (Å²) in [6, 6.07) is 3.94. The summed E-state index contributed by atoms with van der Waals surface area (Å²) >= 11 is 0. The number of ether oxygens (including phenoxy) is 1. The van der Waals surface area contributed by atoms with Crippen molar-refractivity contribution in [2.24, 2.45) is 5.92 Å². The molecule has 1 atom stereocenters. The molecule has 0 radical (unpaired) electrons. The lowest BCUT2D eigenvalue weighted by molar-refractivity contribution is -0.114. The number of nitrogens with zero attached hydrogens (tertiary/aromatic N) is 3. The second kappa shape index (κ2) is 5.75. The maximum Gasteiger partial charge on any atom is 0.208 e. The molecule has 1 unspecified atom stereocenters. The molecule has 8 heteroatoms. The van der Waals surface area contributed by atoms with Gasteiger partial charge in [0, 0.05) is 6.54 Å². The lowest BCUT2D eigenvalue weighted by Crippen LogP contribution is -2.65. The molecule has 22 heavy (non-hydrogen) atoms. The molecule has 122 valence electrons. The van der Waals surface area contributed by atoms with Gasteiger partial charge in [0.1, 0.15) is 5.60 Å². The minimum absolute atomic E-state index is 0.0891. The summed E-state index contributed by atoms with van der Waals surface area (Å²) in [7, 11) is -3.12. The molecule has 0 aliphatic carbocycles. The zero-order valence-corrected chi connectivity index (χ0v) is 13.8. The molecule has 1 aromatic heterocycles. The Morgan fingerprint density at radius 3 is 2.73 bits per heavy atom. The Balaban J connectivity index is 1.48. The fourth-order valence-corrected chi connectivity index (χ4v) is 3.51. The summed E-state index contributed by atoms with van der Waals surface area (Å²) < 4.78 is 30.8. The van der Waals surface area contributed by atoms with Crippen molar-refractivity contribution >= 4 is 15.8 Å². The van der Waals surface area contributed by atoms with Gasteiger partial charge in [-0.05, 0) is 37.8 Å². The molecule has 7 nitrogen and oxygen atoms in total. The van der Waals surface area contributed by atoms with E-state index in [-0.39, 0.29) is 11.5 Å². The summed E-state index contributed by atoms with van der Waals surface area (Å²) in [6.45, 7) is 4.65. The fraction of sp³-hybridized carbons (Fsp3) is 0.714. The van der Waals surface area contributed by atoms with E-state index in [1.807, 2.05) is 19.1 Å². The van der Waals surface area contributed by atoms with E-state index in [0.717, 1.165) is 37.4 Å². The first-order valence-electron chi connectivity index (χ1n) is 7.49. The van der Waals surface area contributed by atoms with Crippen molar-refractivity contribution in [1.82, 2.24) is 14.9 Å². The van der Waals surface area contributed by atoms with Gasteiger partial charge in [0.2, 0.25) is 10.0 Å². The van der Waals surface area contributed by atoms with Crippen LogP contribution >= 0.6 is 0 Å². The number of hydrogen-bond donors (Lipinski definition) is 1. The summed E-state index contributed by atoms with van der Waals surface area (Å²) in [5, 5.41) is 8.27. The average molecular weight is 326 g/mol. The summed E-state index contributed by atoms with van der Waals surface area (Å²) in [6.07, 6.45) is 3.12. The minimum Gasteiger partial charge on any atom is -0.371 e. The second-order valence-electron chi connectivity index (χ2n) is 6.41. The van der Waals surface area contributed by atoms with Crippen LogP contribution in [0.3, 0.4) is 0 Å². The van der Waals surface area contributed by atoms with Crippen LogP contribution in [0.1, 0.15) is 18.5 Å². The first-order chi connectivity index (χ1) is 10.4. The third-order valence-electron chi connectivity index (χ3n) is 4.33. The SMILES string of the molecule is Cc1ccc(N2CC3(CCC(CNS(C)(=O)=O)CO3)C2)nn1. The largest absolute Gasteiger partial charge is 0.371 e. The maximum atomic E-state index is 11.1. The molecule has 3 rings (SSSR count). The Kier molecular flexibility index (Phi) is 4.09. The average Bonchev–Trinajstić information content (AvgIpc) is 2.44. The molecule has 2 saturated heterocycles. The van der Waals surface area contributed by atoms with Crippen LogP contribution in [0.25, 0.3) is 0 Å². The van der Waals surface area contributed by atoms with Crippen LogP contribution < -0.4 is 9.62 Å². The van der Waals surface area contributed by atoms with Crippen LogP contribution in [0.4, 0.5) is 5.82 Å². The van der Waals surface area contributed by atoms with E-state index in [0.29, 0.717) is 13.2 Å². The van der Waals surface area contributed by atoms with Crippen LogP contribution in [0.15, 0.2) is 12.1 Å². The second-order valence-corrected chi connectivity index (χ2v) is 8.24. The Hall–Kier alpha value is -1.25. The van der Waals surface area contributed by atoms with E-state index in [1.165, 1.54) is 6.26 Å². The van der Waals surface area contributed by atoms with Crippen molar-refractivity contribution in [2.75, 3.05) is 37.4 Å². The van der Waals surface area contributed by atoms with Gasteiger partial charge >= 0.3 is 0 Å². The van der Waals surface area contributed by atoms with Crippen molar-refractivity contribution in [3.8, 4) is 0 Å². The van der Waals surface area contributed by atoms with Crippen LogP contribution in [0.2, 0.25) is 0 Å². The van der Waals surface area contributed by atoms with E-state index in [9.17, 15) is 8.42 Å². The molecule has 3 heterocycles. The van der Waals surface area contributed by atoms with Gasteiger partial charge in [-0.25, -0.2) is 13.1 Å². The number of nitrogens with one attached hydrogen (secondary N) is 1. The number of sulfonamides is 1. The van der Waals surface area contributed by atoms with Crippen LogP contribution in [-0.2, 0) is 14.8 Å². The van der Waals surface area contributed by atoms with Crippen molar-refractivity contribution < 1.29 is 13.2 Å². The zero-order valence-electron chi connectivity index (χ0n) is 12.9. The fourth-order valence-electron chi connectivity index (χ4n) is 2.97. The monoisotopic (exact) mass is 326 g/mol. The lowest BCUT2D eigenvalue weighted by Gasteiger charge is -2.53. The highest BCUT2D eigenvalue weighted by Crippen LogP contribution is 2.37. The highest BCUT2D eigenvalue weighted by molar-refractivity contribution is 7.88. The van der Waals surface area contributed by atoms with Gasteiger partial charge in [0.25, 0.3) is 0 Å². The van der Waals surface area contributed by atoms with Gasteiger partial charge in [-0.3, -0.25) is 0 Å². The first kappa shape index (κ1) is 15.6. The molecule has 2 fully saturated rings. The van der Waals surface area contributed by atoms with Crippen molar-refractivity contribution in [1.29, 1.82) is 0 Å². The van der Waals surface area contributed by atoms with Gasteiger partial charge in [0.15, 0.2) is 5.82 Å². The topological polar surface area (TPSA) is 84.4 Å². The van der Waals surface area contributed by atoms with Gasteiger partial charge < -0.3 is 9.64 Å². The highest BCUT2D eigenvalue weighted by atomic mass is 32.2. The molecule has 0 aromatic carbocycles. The highest BCUT2D eigenvalue weighted by Gasteiger charge is 2.47. The molecule has 0 saturated carbocycles. The van der Waals surface area contributed by atoms with Crippen molar-refractivity contribution in [3.05, 3.63) is 17.8 Å². The third-order valence-corrected chi connectivity index (χ3v) is 5.02. The number of rotatable bonds is 4. The van der Waals surface area contributed by atoms with Gasteiger partial charge in [0.05, 0.1) is 31.6 Å². The summed E-state index contributed by atoms with van der Waals surface area (Å²) in [5.74, 6) is 1.15. The lowest BCUT2D eigenvalue weighted by atomic mass is 9.83. The number of hydrogen-bond acceptors (Lipinski definition) is 6. The van der Waals surface area contributed by atoms with Crippen LogP contribution in [0, 0.1) is 12.8 Å². The molecule has 0 amide bonds. The first-order valence-corrected chi connectivity index (χ1v) is 9.38. The maximum absolute atomic E-state index is 11.1. The van der Waals surface area contributed by atoms with E-state index >= 15 is 0 Å². The molecular formula is C14H22N4O3S. The Labute approximate surface area is 131 Å². The predicted molar refractivity (Wildman–Crippen MR) is 83.2 cm³/mol. The van der Waals surface area contributed by atoms with Crippen LogP contribution in [0.5, 0.6) is 0 Å². The Morgan fingerprint density at radius 2 is 2.18 bits per heavy atom. The van der Waals surface area contributed by atoms with Gasteiger partial charge in [-0.1, -0.05) is 0 Å². The van der Waals surface area contributed by atoms with E-state index in [1.54, 1.807) is 0 Å². The molecule has 2 aliphatic heterocycles. The summed E-state index contributed by atoms with van der Waals surface area (Å²) in [5.41, 5.74) is 0.822. The molecule has 2 aliphatic rings. The third kappa shape index (κ3) is 3.56. The van der Waals surface area contributed by atoms with E-state index in [4.69, 9.17) is 4.74 Å². The molecule has 1 spiro atoms. The zero-order chi connectivity index (χ0) is 15.8.